The van der Waals surface area contributed by atoms with Crippen LogP contribution in [0.2, 0.25) is 0 Å². The van der Waals surface area contributed by atoms with Crippen molar-refractivity contribution in [1.82, 2.24) is 19.3 Å². The number of anilines is 1. The number of carbonyl (C=O) groups is 1. The van der Waals surface area contributed by atoms with Crippen molar-refractivity contribution in [3.05, 3.63) is 47.8 Å². The summed E-state index contributed by atoms with van der Waals surface area (Å²) in [6.45, 7) is 7.70. The second-order valence-corrected chi connectivity index (χ2v) is 7.77. The van der Waals surface area contributed by atoms with Gasteiger partial charge in [-0.3, -0.25) is 9.69 Å². The molecule has 4 rings (SSSR count). The number of hydrogen-bond donors (Lipinski definition) is 0. The number of fused-ring (bicyclic) bond motifs is 1. The number of aromatic nitrogens is 4. The monoisotopic (exact) mass is 353 g/mol. The molecule has 2 unspecified atom stereocenters. The van der Waals surface area contributed by atoms with Crippen LogP contribution in [0, 0.1) is 25.2 Å². The highest BCUT2D eigenvalue weighted by Gasteiger charge is 2.53. The van der Waals surface area contributed by atoms with Crippen molar-refractivity contribution in [2.75, 3.05) is 4.90 Å². The van der Waals surface area contributed by atoms with E-state index in [4.69, 9.17) is 0 Å². The van der Waals surface area contributed by atoms with Gasteiger partial charge in [0, 0.05) is 35.4 Å². The maximum Gasteiger partial charge on any atom is 0.235 e. The summed E-state index contributed by atoms with van der Waals surface area (Å²) < 4.78 is 4.25. The van der Waals surface area contributed by atoms with Crippen LogP contribution in [0.1, 0.15) is 31.1 Å². The Morgan fingerprint density at radius 3 is 2.52 bits per heavy atom. The third-order valence-electron chi connectivity index (χ3n) is 4.94. The number of carbonyl (C=O) groups excluding carboxylic acids is 1. The third kappa shape index (κ3) is 2.50. The summed E-state index contributed by atoms with van der Waals surface area (Å²) in [5.41, 5.74) is 1.50. The van der Waals surface area contributed by atoms with Crippen LogP contribution in [0.4, 0.5) is 5.13 Å². The number of allylic oxidation sites excluding steroid dienone is 2. The standard InChI is InChI=1S/C18H19N5OS/c1-10-19-8-13(9-20-10)12-5-6-14-15(7-12)23(16(24)18(14,3)4)17-21-11(2)22-25-17/h5-9,14-15H,1-4H3. The fourth-order valence-corrected chi connectivity index (χ4v) is 4.21. The average Bonchev–Trinajstić information content (AvgIpc) is 3.08. The first-order chi connectivity index (χ1) is 11.9. The van der Waals surface area contributed by atoms with Gasteiger partial charge in [-0.15, -0.1) is 0 Å². The summed E-state index contributed by atoms with van der Waals surface area (Å²) >= 11 is 1.27. The van der Waals surface area contributed by atoms with E-state index in [1.807, 2.05) is 40.1 Å². The van der Waals surface area contributed by atoms with Crippen molar-refractivity contribution in [1.29, 1.82) is 0 Å². The molecule has 2 atom stereocenters. The second kappa shape index (κ2) is 5.56. The van der Waals surface area contributed by atoms with Gasteiger partial charge in [0.25, 0.3) is 0 Å². The lowest BCUT2D eigenvalue weighted by atomic mass is 9.75. The average molecular weight is 353 g/mol. The Kier molecular flexibility index (Phi) is 3.57. The zero-order valence-electron chi connectivity index (χ0n) is 14.6. The number of rotatable bonds is 2. The summed E-state index contributed by atoms with van der Waals surface area (Å²) in [6.07, 6.45) is 9.97. The first kappa shape index (κ1) is 16.1. The van der Waals surface area contributed by atoms with Crippen LogP contribution in [-0.4, -0.2) is 31.3 Å². The van der Waals surface area contributed by atoms with Gasteiger partial charge in [0.15, 0.2) is 0 Å². The SMILES string of the molecule is Cc1ncc(C2=CC3C(C=C2)C(C)(C)C(=O)N3c2nc(C)ns2)cn1. The minimum atomic E-state index is -0.480. The van der Waals surface area contributed by atoms with Crippen molar-refractivity contribution < 1.29 is 4.79 Å². The molecule has 1 fully saturated rings. The summed E-state index contributed by atoms with van der Waals surface area (Å²) in [5, 5.41) is 0.661. The third-order valence-corrected chi connectivity index (χ3v) is 5.75. The zero-order valence-corrected chi connectivity index (χ0v) is 15.4. The van der Waals surface area contributed by atoms with Gasteiger partial charge in [0.1, 0.15) is 11.6 Å². The van der Waals surface area contributed by atoms with Crippen LogP contribution in [0.25, 0.3) is 5.57 Å². The largest absolute Gasteiger partial charge is 0.279 e. The first-order valence-electron chi connectivity index (χ1n) is 8.21. The highest BCUT2D eigenvalue weighted by Crippen LogP contribution is 2.47. The number of amides is 1. The van der Waals surface area contributed by atoms with Crippen molar-refractivity contribution in [2.45, 2.75) is 33.7 Å². The van der Waals surface area contributed by atoms with Gasteiger partial charge in [-0.2, -0.15) is 4.37 Å². The van der Waals surface area contributed by atoms with Gasteiger partial charge in [-0.05, 0) is 19.4 Å². The van der Waals surface area contributed by atoms with Crippen LogP contribution in [0.15, 0.2) is 30.6 Å². The molecule has 2 aliphatic rings. The van der Waals surface area contributed by atoms with Crippen molar-refractivity contribution in [2.24, 2.45) is 11.3 Å². The van der Waals surface area contributed by atoms with Gasteiger partial charge in [0.2, 0.25) is 11.0 Å². The highest BCUT2D eigenvalue weighted by molar-refractivity contribution is 7.10. The Labute approximate surface area is 150 Å². The van der Waals surface area contributed by atoms with Gasteiger partial charge in [-0.25, -0.2) is 15.0 Å². The van der Waals surface area contributed by atoms with Crippen LogP contribution >= 0.6 is 11.5 Å². The van der Waals surface area contributed by atoms with E-state index in [9.17, 15) is 4.79 Å². The molecule has 2 aromatic heterocycles. The quantitative estimate of drug-likeness (QED) is 0.830. The maximum atomic E-state index is 13.1. The van der Waals surface area contributed by atoms with Crippen LogP contribution < -0.4 is 4.90 Å². The Bertz CT molecular complexity index is 896. The molecular weight excluding hydrogens is 334 g/mol. The molecule has 25 heavy (non-hydrogen) atoms. The predicted molar refractivity (Wildman–Crippen MR) is 97.1 cm³/mol. The molecule has 6 nitrogen and oxygen atoms in total. The number of aryl methyl sites for hydroxylation is 2. The molecule has 1 aliphatic heterocycles. The molecule has 0 radical (unpaired) electrons. The van der Waals surface area contributed by atoms with Crippen LogP contribution in [0.5, 0.6) is 0 Å². The fraction of sp³-hybridized carbons (Fsp3) is 0.389. The van der Waals surface area contributed by atoms with E-state index in [1.54, 1.807) is 4.90 Å². The van der Waals surface area contributed by atoms with E-state index >= 15 is 0 Å². The van der Waals surface area contributed by atoms with E-state index in [1.165, 1.54) is 11.5 Å². The topological polar surface area (TPSA) is 71.9 Å². The molecular formula is C18H19N5OS. The Hall–Kier alpha value is -2.41. The maximum absolute atomic E-state index is 13.1. The van der Waals surface area contributed by atoms with Gasteiger partial charge >= 0.3 is 0 Å². The van der Waals surface area contributed by atoms with E-state index in [0.717, 1.165) is 17.0 Å². The molecule has 0 N–H and O–H groups in total. The minimum absolute atomic E-state index is 0.0730. The van der Waals surface area contributed by atoms with Crippen LogP contribution in [-0.2, 0) is 4.79 Å². The van der Waals surface area contributed by atoms with E-state index in [0.29, 0.717) is 11.0 Å². The summed E-state index contributed by atoms with van der Waals surface area (Å²) in [6, 6.07) is -0.0730. The Morgan fingerprint density at radius 2 is 1.88 bits per heavy atom. The molecule has 7 heteroatoms. The molecule has 0 saturated carbocycles. The highest BCUT2D eigenvalue weighted by atomic mass is 32.1. The number of nitrogens with zero attached hydrogens (tertiary/aromatic N) is 5. The van der Waals surface area contributed by atoms with E-state index in [2.05, 4.69) is 37.6 Å². The lowest BCUT2D eigenvalue weighted by molar-refractivity contribution is -0.124. The normalized spacial score (nSPS) is 24.4. The Balaban J connectivity index is 1.78. The molecule has 0 spiro atoms. The fourth-order valence-electron chi connectivity index (χ4n) is 3.49. The molecule has 1 saturated heterocycles. The molecule has 2 aromatic rings. The van der Waals surface area contributed by atoms with E-state index < -0.39 is 5.41 Å². The second-order valence-electron chi connectivity index (χ2n) is 7.04. The van der Waals surface area contributed by atoms with Crippen molar-refractivity contribution in [3.63, 3.8) is 0 Å². The minimum Gasteiger partial charge on any atom is -0.279 e. The Morgan fingerprint density at radius 1 is 1.16 bits per heavy atom. The molecule has 3 heterocycles. The van der Waals surface area contributed by atoms with Crippen molar-refractivity contribution >= 4 is 28.1 Å². The van der Waals surface area contributed by atoms with Gasteiger partial charge < -0.3 is 0 Å². The van der Waals surface area contributed by atoms with E-state index in [-0.39, 0.29) is 17.9 Å². The lowest BCUT2D eigenvalue weighted by Gasteiger charge is -2.27. The van der Waals surface area contributed by atoms with Gasteiger partial charge in [-0.1, -0.05) is 32.1 Å². The first-order valence-corrected chi connectivity index (χ1v) is 8.98. The summed E-state index contributed by atoms with van der Waals surface area (Å²) in [4.78, 5) is 27.9. The number of hydrogen-bond acceptors (Lipinski definition) is 6. The lowest BCUT2D eigenvalue weighted by Crippen LogP contribution is -2.35. The molecule has 0 bridgehead atoms. The summed E-state index contributed by atoms with van der Waals surface area (Å²) in [7, 11) is 0. The van der Waals surface area contributed by atoms with Gasteiger partial charge in [0.05, 0.1) is 11.5 Å². The van der Waals surface area contributed by atoms with Crippen LogP contribution in [0.3, 0.4) is 0 Å². The van der Waals surface area contributed by atoms with Crippen molar-refractivity contribution in [3.8, 4) is 0 Å². The molecule has 1 amide bonds. The molecule has 1 aliphatic carbocycles. The zero-order chi connectivity index (χ0) is 17.8. The summed E-state index contributed by atoms with van der Waals surface area (Å²) in [5.74, 6) is 1.61. The molecule has 128 valence electrons. The predicted octanol–water partition coefficient (Wildman–Crippen LogP) is 2.96. The smallest absolute Gasteiger partial charge is 0.235 e. The molecule has 0 aromatic carbocycles.